The second-order valence-electron chi connectivity index (χ2n) is 1.99. The molecule has 0 saturated heterocycles. The van der Waals surface area contributed by atoms with Crippen LogP contribution in [0.3, 0.4) is 0 Å². The van der Waals surface area contributed by atoms with Gasteiger partial charge in [0, 0.05) is 6.42 Å². The second-order valence-corrected chi connectivity index (χ2v) is 1.99. The van der Waals surface area contributed by atoms with Crippen LogP contribution in [-0.2, 0) is 4.79 Å². The Kier molecular flexibility index (Phi) is 7.46. The first-order valence-corrected chi connectivity index (χ1v) is 3.65. The van der Waals surface area contributed by atoms with Gasteiger partial charge in [0.2, 0.25) is 0 Å². The van der Waals surface area contributed by atoms with Crippen LogP contribution in [0.5, 0.6) is 0 Å². The topological polar surface area (TPSA) is 17.1 Å². The molecule has 0 aromatic heterocycles. The van der Waals surface area contributed by atoms with Crippen LogP contribution in [-0.4, -0.2) is 6.29 Å². The van der Waals surface area contributed by atoms with Gasteiger partial charge < -0.3 is 4.79 Å². The Bertz CT molecular complexity index is 123. The molecule has 0 saturated carbocycles. The summed E-state index contributed by atoms with van der Waals surface area (Å²) >= 11 is 0. The minimum atomic E-state index is 0.542. The molecule has 1 heteroatoms. The Balaban J connectivity index is 3.17. The molecule has 0 aromatic carbocycles. The van der Waals surface area contributed by atoms with Crippen molar-refractivity contribution >= 4 is 6.29 Å². The number of aldehydes is 1. The average Bonchev–Trinajstić information content (AvgIpc) is 1.97. The molecule has 0 N–H and O–H groups in total. The van der Waals surface area contributed by atoms with E-state index in [0.717, 1.165) is 19.1 Å². The zero-order chi connectivity index (χ0) is 7.66. The number of hydrogen-bond donors (Lipinski definition) is 0. The first-order valence-electron chi connectivity index (χ1n) is 3.65. The maximum absolute atomic E-state index is 9.82. The number of rotatable bonds is 5. The quantitative estimate of drug-likeness (QED) is 0.421. The molecule has 0 heterocycles. The Morgan fingerprint density at radius 3 is 2.20 bits per heavy atom. The third kappa shape index (κ3) is 7.15. The molecule has 0 aliphatic carbocycles. The van der Waals surface area contributed by atoms with Gasteiger partial charge in [0.25, 0.3) is 0 Å². The molecule has 0 bridgehead atoms. The lowest BCUT2D eigenvalue weighted by Gasteiger charge is -1.79. The van der Waals surface area contributed by atoms with Crippen LogP contribution in [0, 0.1) is 0 Å². The largest absolute Gasteiger partial charge is 0.303 e. The van der Waals surface area contributed by atoms with Gasteiger partial charge in [-0.1, -0.05) is 31.2 Å². The van der Waals surface area contributed by atoms with Gasteiger partial charge in [-0.25, -0.2) is 0 Å². The van der Waals surface area contributed by atoms with E-state index in [0.29, 0.717) is 6.42 Å². The van der Waals surface area contributed by atoms with Crippen molar-refractivity contribution < 1.29 is 4.79 Å². The molecule has 0 radical (unpaired) electrons. The smallest absolute Gasteiger partial charge is 0.123 e. The molecule has 0 fully saturated rings. The van der Waals surface area contributed by atoms with Crippen molar-refractivity contribution in [3.63, 3.8) is 0 Å². The fourth-order valence-corrected chi connectivity index (χ4v) is 0.589. The summed E-state index contributed by atoms with van der Waals surface area (Å²) in [4.78, 5) is 9.82. The number of allylic oxidation sites excluding steroid dienone is 4. The summed E-state index contributed by atoms with van der Waals surface area (Å²) in [5.41, 5.74) is 0. The van der Waals surface area contributed by atoms with Crippen molar-refractivity contribution in [3.05, 3.63) is 24.3 Å². The zero-order valence-corrected chi connectivity index (χ0v) is 6.42. The van der Waals surface area contributed by atoms with Crippen molar-refractivity contribution in [1.82, 2.24) is 0 Å². The summed E-state index contributed by atoms with van der Waals surface area (Å²) in [5.74, 6) is 0. The normalized spacial score (nSPS) is 11.3. The Morgan fingerprint density at radius 1 is 1.00 bits per heavy atom. The van der Waals surface area contributed by atoms with E-state index in [9.17, 15) is 4.79 Å². The van der Waals surface area contributed by atoms with Crippen LogP contribution in [0.4, 0.5) is 0 Å². The zero-order valence-electron chi connectivity index (χ0n) is 6.42. The van der Waals surface area contributed by atoms with Gasteiger partial charge in [-0.15, -0.1) is 0 Å². The highest BCUT2D eigenvalue weighted by molar-refractivity contribution is 5.51. The van der Waals surface area contributed by atoms with Crippen LogP contribution < -0.4 is 0 Å². The third-order valence-electron chi connectivity index (χ3n) is 1.07. The molecule has 0 spiro atoms. The van der Waals surface area contributed by atoms with E-state index in [1.54, 1.807) is 0 Å². The molecule has 0 amide bonds. The highest BCUT2D eigenvalue weighted by Gasteiger charge is 1.71. The monoisotopic (exact) mass is 138 g/mol. The molecule has 1 nitrogen and oxygen atoms in total. The summed E-state index contributed by atoms with van der Waals surface area (Å²) in [5, 5.41) is 0. The highest BCUT2D eigenvalue weighted by Crippen LogP contribution is 1.88. The predicted octanol–water partition coefficient (Wildman–Crippen LogP) is 2.49. The molecule has 0 aromatic rings. The van der Waals surface area contributed by atoms with Gasteiger partial charge in [-0.2, -0.15) is 0 Å². The SMILES string of the molecule is CCC=CCC=CCC=O. The van der Waals surface area contributed by atoms with Crippen LogP contribution in [0.15, 0.2) is 24.3 Å². The summed E-state index contributed by atoms with van der Waals surface area (Å²) in [6, 6.07) is 0. The van der Waals surface area contributed by atoms with E-state index in [1.165, 1.54) is 0 Å². The lowest BCUT2D eigenvalue weighted by atomic mass is 10.3. The second kappa shape index (κ2) is 8.15. The van der Waals surface area contributed by atoms with Crippen molar-refractivity contribution in [2.45, 2.75) is 26.2 Å². The van der Waals surface area contributed by atoms with Crippen molar-refractivity contribution in [2.75, 3.05) is 0 Å². The molecule has 0 aliphatic heterocycles. The number of carbonyl (C=O) groups excluding carboxylic acids is 1. The van der Waals surface area contributed by atoms with Crippen LogP contribution >= 0.6 is 0 Å². The highest BCUT2D eigenvalue weighted by atomic mass is 16.1. The average molecular weight is 138 g/mol. The molecular weight excluding hydrogens is 124 g/mol. The van der Waals surface area contributed by atoms with Crippen LogP contribution in [0.1, 0.15) is 26.2 Å². The Hall–Kier alpha value is -0.850. The minimum Gasteiger partial charge on any atom is -0.303 e. The van der Waals surface area contributed by atoms with E-state index in [1.807, 2.05) is 12.2 Å². The maximum atomic E-state index is 9.82. The predicted molar refractivity (Wildman–Crippen MR) is 43.9 cm³/mol. The maximum Gasteiger partial charge on any atom is 0.123 e. The minimum absolute atomic E-state index is 0.542. The van der Waals surface area contributed by atoms with Crippen molar-refractivity contribution in [2.24, 2.45) is 0 Å². The summed E-state index contributed by atoms with van der Waals surface area (Å²) in [6.07, 6.45) is 11.6. The fourth-order valence-electron chi connectivity index (χ4n) is 0.589. The summed E-state index contributed by atoms with van der Waals surface area (Å²) in [7, 11) is 0. The van der Waals surface area contributed by atoms with Crippen molar-refractivity contribution in [1.29, 1.82) is 0 Å². The molecule has 0 aliphatic rings. The molecule has 0 atom stereocenters. The summed E-state index contributed by atoms with van der Waals surface area (Å²) in [6.45, 7) is 2.10. The molecule has 0 rings (SSSR count). The molecular formula is C9H14O. The third-order valence-corrected chi connectivity index (χ3v) is 1.07. The number of hydrogen-bond acceptors (Lipinski definition) is 1. The van der Waals surface area contributed by atoms with Gasteiger partial charge in [0.1, 0.15) is 6.29 Å². The standard InChI is InChI=1S/C9H14O/c1-2-3-4-5-6-7-8-9-10/h3-4,6-7,9H,2,5,8H2,1H3. The van der Waals surface area contributed by atoms with E-state index < -0.39 is 0 Å². The van der Waals surface area contributed by atoms with Gasteiger partial charge in [0.15, 0.2) is 0 Å². The van der Waals surface area contributed by atoms with E-state index in [-0.39, 0.29) is 0 Å². The van der Waals surface area contributed by atoms with Gasteiger partial charge in [-0.05, 0) is 12.8 Å². The first kappa shape index (κ1) is 9.15. The Labute approximate surface area is 62.4 Å². The molecule has 10 heavy (non-hydrogen) atoms. The number of carbonyl (C=O) groups is 1. The van der Waals surface area contributed by atoms with E-state index in [4.69, 9.17) is 0 Å². The van der Waals surface area contributed by atoms with Gasteiger partial charge in [-0.3, -0.25) is 0 Å². The van der Waals surface area contributed by atoms with E-state index in [2.05, 4.69) is 19.1 Å². The summed E-state index contributed by atoms with van der Waals surface area (Å²) < 4.78 is 0. The van der Waals surface area contributed by atoms with Crippen LogP contribution in [0.25, 0.3) is 0 Å². The molecule has 56 valence electrons. The fraction of sp³-hybridized carbons (Fsp3) is 0.444. The van der Waals surface area contributed by atoms with E-state index >= 15 is 0 Å². The van der Waals surface area contributed by atoms with Crippen molar-refractivity contribution in [3.8, 4) is 0 Å². The lowest BCUT2D eigenvalue weighted by Crippen LogP contribution is -1.65. The molecule has 0 unspecified atom stereocenters. The first-order chi connectivity index (χ1) is 4.91. The Morgan fingerprint density at radius 2 is 1.60 bits per heavy atom. The lowest BCUT2D eigenvalue weighted by molar-refractivity contribution is -0.107. The van der Waals surface area contributed by atoms with Gasteiger partial charge in [0.05, 0.1) is 0 Å². The van der Waals surface area contributed by atoms with Gasteiger partial charge >= 0.3 is 0 Å². The van der Waals surface area contributed by atoms with Crippen LogP contribution in [0.2, 0.25) is 0 Å².